The van der Waals surface area contributed by atoms with E-state index in [2.05, 4.69) is 10.4 Å². The van der Waals surface area contributed by atoms with Crippen molar-refractivity contribution >= 4 is 45.0 Å². The number of carbonyl (C=O) groups is 2. The lowest BCUT2D eigenvalue weighted by Crippen LogP contribution is -2.21. The molecule has 0 bridgehead atoms. The molecule has 11 heteroatoms. The first-order valence-corrected chi connectivity index (χ1v) is 11.8. The number of amides is 1. The van der Waals surface area contributed by atoms with Crippen LogP contribution in [0, 0.1) is 19.3 Å². The van der Waals surface area contributed by atoms with E-state index in [-0.39, 0.29) is 19.0 Å². The minimum atomic E-state index is -1.03. The highest BCUT2D eigenvalue weighted by atomic mass is 32.1. The molecular formula is C25H25N5O5S. The van der Waals surface area contributed by atoms with Crippen LogP contribution < -0.4 is 15.8 Å². The number of fused-ring (bicyclic) bond motifs is 1. The van der Waals surface area contributed by atoms with Crippen molar-refractivity contribution < 1.29 is 24.2 Å². The van der Waals surface area contributed by atoms with E-state index in [4.69, 9.17) is 25.7 Å². The molecule has 2 heterocycles. The van der Waals surface area contributed by atoms with Gasteiger partial charge in [-0.25, -0.2) is 4.79 Å². The summed E-state index contributed by atoms with van der Waals surface area (Å²) in [6.07, 6.45) is -1.33. The van der Waals surface area contributed by atoms with Crippen molar-refractivity contribution in [3.8, 4) is 5.75 Å². The van der Waals surface area contributed by atoms with Crippen LogP contribution in [0.5, 0.6) is 5.75 Å². The number of nitrogens with two attached hydrogens (primary N) is 1. The Balaban J connectivity index is 1.52. The Morgan fingerprint density at radius 3 is 2.64 bits per heavy atom. The highest BCUT2D eigenvalue weighted by molar-refractivity contribution is 7.20. The Bertz CT molecular complexity index is 1430. The maximum Gasteiger partial charge on any atom is 0.411 e. The Morgan fingerprint density at radius 2 is 1.94 bits per heavy atom. The predicted molar refractivity (Wildman–Crippen MR) is 137 cm³/mol. The number of hydrogen-bond donors (Lipinski definition) is 4. The van der Waals surface area contributed by atoms with Gasteiger partial charge in [-0.15, -0.1) is 11.3 Å². The van der Waals surface area contributed by atoms with Crippen LogP contribution >= 0.6 is 11.3 Å². The van der Waals surface area contributed by atoms with E-state index in [1.54, 1.807) is 13.8 Å². The fourth-order valence-corrected chi connectivity index (χ4v) is 4.68. The first kappa shape index (κ1) is 24.7. The van der Waals surface area contributed by atoms with Gasteiger partial charge in [0.05, 0.1) is 22.0 Å². The number of thiophene rings is 1. The average Bonchev–Trinajstić information content (AvgIpc) is 3.39. The fourth-order valence-electron chi connectivity index (χ4n) is 3.74. The lowest BCUT2D eigenvalue weighted by atomic mass is 10.1. The van der Waals surface area contributed by atoms with Gasteiger partial charge < -0.3 is 20.3 Å². The van der Waals surface area contributed by atoms with Crippen molar-refractivity contribution in [2.45, 2.75) is 26.5 Å². The average molecular weight is 508 g/mol. The molecule has 2 aromatic carbocycles. The number of aliphatic carboxylic acids is 1. The summed E-state index contributed by atoms with van der Waals surface area (Å²) in [5, 5.41) is 24.4. The molecule has 0 aliphatic heterocycles. The van der Waals surface area contributed by atoms with Gasteiger partial charge in [-0.05, 0) is 37.6 Å². The van der Waals surface area contributed by atoms with E-state index >= 15 is 0 Å². The van der Waals surface area contributed by atoms with Gasteiger partial charge in [-0.1, -0.05) is 36.4 Å². The first-order chi connectivity index (χ1) is 17.2. The minimum Gasteiger partial charge on any atom is -0.481 e. The second-order valence-electron chi connectivity index (χ2n) is 8.03. The molecule has 2 aromatic heterocycles. The number of nitrogen functional groups attached to an aromatic ring is 1. The van der Waals surface area contributed by atoms with Crippen LogP contribution in [-0.2, 0) is 16.1 Å². The van der Waals surface area contributed by atoms with Crippen LogP contribution in [0.2, 0.25) is 0 Å². The van der Waals surface area contributed by atoms with Crippen LogP contribution in [0.4, 0.5) is 10.5 Å². The molecule has 0 aliphatic carbocycles. The number of carbonyl (C=O) groups excluding carboxylic acids is 1. The molecule has 0 saturated carbocycles. The number of aryl methyl sites for hydroxylation is 1. The summed E-state index contributed by atoms with van der Waals surface area (Å²) in [5.41, 5.74) is 7.86. The van der Waals surface area contributed by atoms with Crippen LogP contribution in [0.25, 0.3) is 10.1 Å². The highest BCUT2D eigenvalue weighted by Crippen LogP contribution is 2.35. The van der Waals surface area contributed by atoms with E-state index in [1.165, 1.54) is 16.0 Å². The zero-order valence-corrected chi connectivity index (χ0v) is 20.5. The maximum atomic E-state index is 12.6. The Hall–Kier alpha value is -4.38. The van der Waals surface area contributed by atoms with Crippen molar-refractivity contribution in [2.75, 3.05) is 11.9 Å². The predicted octanol–water partition coefficient (Wildman–Crippen LogP) is 4.45. The topological polar surface area (TPSA) is 153 Å². The molecule has 0 spiro atoms. The summed E-state index contributed by atoms with van der Waals surface area (Å²) >= 11 is 1.40. The smallest absolute Gasteiger partial charge is 0.411 e. The number of benzene rings is 2. The largest absolute Gasteiger partial charge is 0.481 e. The molecule has 4 aromatic rings. The summed E-state index contributed by atoms with van der Waals surface area (Å²) in [6, 6.07) is 16.8. The van der Waals surface area contributed by atoms with Crippen LogP contribution in [0.15, 0.2) is 54.6 Å². The van der Waals surface area contributed by atoms with Crippen molar-refractivity contribution in [3.05, 3.63) is 76.4 Å². The van der Waals surface area contributed by atoms with E-state index in [9.17, 15) is 9.59 Å². The zero-order chi connectivity index (χ0) is 25.8. The first-order valence-electron chi connectivity index (χ1n) is 11.0. The van der Waals surface area contributed by atoms with Crippen molar-refractivity contribution in [2.24, 2.45) is 5.73 Å². The quantitative estimate of drug-likeness (QED) is 0.193. The monoisotopic (exact) mass is 507 g/mol. The summed E-state index contributed by atoms with van der Waals surface area (Å²) in [5.74, 6) is -0.469. The molecule has 1 atom stereocenters. The number of anilines is 1. The van der Waals surface area contributed by atoms with E-state index in [0.717, 1.165) is 15.6 Å². The lowest BCUT2D eigenvalue weighted by molar-refractivity contribution is -0.137. The Labute approximate surface area is 210 Å². The molecule has 1 amide bonds. The third kappa shape index (κ3) is 5.47. The Morgan fingerprint density at radius 1 is 1.19 bits per heavy atom. The summed E-state index contributed by atoms with van der Waals surface area (Å²) in [6.45, 7) is 2.95. The molecule has 0 saturated heterocycles. The molecular weight excluding hydrogens is 482 g/mol. The van der Waals surface area contributed by atoms with Gasteiger partial charge >= 0.3 is 12.1 Å². The SMILES string of the molecule is Cc1nn(CC(=O)O)c(C)c1NC(=O)OCC(Oc1cccc2sc(C(=N)N)cc12)c1ccccc1. The number of amidine groups is 1. The lowest BCUT2D eigenvalue weighted by Gasteiger charge is -2.20. The van der Waals surface area contributed by atoms with Gasteiger partial charge in [-0.2, -0.15) is 5.10 Å². The fraction of sp³-hybridized carbons (Fsp3) is 0.200. The minimum absolute atomic E-state index is 0.0148. The van der Waals surface area contributed by atoms with E-state index in [1.807, 2.05) is 54.6 Å². The molecule has 0 aliphatic rings. The van der Waals surface area contributed by atoms with Crippen molar-refractivity contribution in [1.29, 1.82) is 5.41 Å². The molecule has 36 heavy (non-hydrogen) atoms. The standard InChI is InChI=1S/C25H25N5O5S/c1-14-23(15(2)30(29-14)12-22(31)32)28-25(33)34-13-19(16-7-4-3-5-8-16)35-18-9-6-10-20-17(18)11-21(36-20)24(26)27/h3-11,19H,12-13H2,1-2H3,(H3,26,27)(H,28,33)(H,31,32). The number of hydrogen-bond acceptors (Lipinski definition) is 7. The van der Waals surface area contributed by atoms with Gasteiger partial charge in [0, 0.05) is 10.1 Å². The third-order valence-corrected chi connectivity index (χ3v) is 6.62. The molecule has 0 fully saturated rings. The van der Waals surface area contributed by atoms with Crippen molar-refractivity contribution in [3.63, 3.8) is 0 Å². The maximum absolute atomic E-state index is 12.6. The number of nitrogens with zero attached hydrogens (tertiary/aromatic N) is 2. The van der Waals surface area contributed by atoms with Gasteiger partial charge in [0.1, 0.15) is 24.7 Å². The van der Waals surface area contributed by atoms with Gasteiger partial charge in [-0.3, -0.25) is 20.2 Å². The van der Waals surface area contributed by atoms with Gasteiger partial charge in [0.2, 0.25) is 0 Å². The van der Waals surface area contributed by atoms with Crippen LogP contribution in [0.3, 0.4) is 0 Å². The van der Waals surface area contributed by atoms with Crippen molar-refractivity contribution in [1.82, 2.24) is 9.78 Å². The number of carboxylic acids is 1. The highest BCUT2D eigenvalue weighted by Gasteiger charge is 2.21. The second kappa shape index (κ2) is 10.5. The molecule has 5 N–H and O–H groups in total. The Kier molecular flexibility index (Phi) is 7.20. The van der Waals surface area contributed by atoms with Gasteiger partial charge in [0.25, 0.3) is 0 Å². The molecule has 1 unspecified atom stereocenters. The van der Waals surface area contributed by atoms with Crippen LogP contribution in [-0.4, -0.2) is 39.4 Å². The summed E-state index contributed by atoms with van der Waals surface area (Å²) in [4.78, 5) is 24.3. The van der Waals surface area contributed by atoms with Gasteiger partial charge in [0.15, 0.2) is 6.10 Å². The summed E-state index contributed by atoms with van der Waals surface area (Å²) < 4.78 is 14.1. The second-order valence-corrected chi connectivity index (χ2v) is 9.11. The normalized spacial score (nSPS) is 11.7. The molecule has 0 radical (unpaired) electrons. The van der Waals surface area contributed by atoms with E-state index in [0.29, 0.717) is 27.7 Å². The molecule has 4 rings (SSSR count). The number of carboxylic acid groups (broad SMARTS) is 1. The van der Waals surface area contributed by atoms with Crippen LogP contribution in [0.1, 0.15) is 27.9 Å². The summed E-state index contributed by atoms with van der Waals surface area (Å²) in [7, 11) is 0. The zero-order valence-electron chi connectivity index (χ0n) is 19.6. The molecule has 186 valence electrons. The molecule has 10 nitrogen and oxygen atoms in total. The van der Waals surface area contributed by atoms with E-state index < -0.39 is 18.2 Å². The number of aromatic nitrogens is 2. The third-order valence-electron chi connectivity index (χ3n) is 5.49. The number of ether oxygens (including phenoxy) is 2. The number of rotatable bonds is 9. The number of nitrogens with one attached hydrogen (secondary N) is 2.